The predicted molar refractivity (Wildman–Crippen MR) is 74.2 cm³/mol. The molecule has 1 N–H and O–H groups in total. The van der Waals surface area contributed by atoms with Crippen LogP contribution in [-0.2, 0) is 17.8 Å². The number of benzene rings is 1. The number of hydrogen-bond acceptors (Lipinski definition) is 3. The van der Waals surface area contributed by atoms with Gasteiger partial charge in [-0.3, -0.25) is 0 Å². The molecule has 0 radical (unpaired) electrons. The highest BCUT2D eigenvalue weighted by Crippen LogP contribution is 2.33. The van der Waals surface area contributed by atoms with Crippen LogP contribution in [0.2, 0.25) is 0 Å². The molecule has 0 aliphatic carbocycles. The van der Waals surface area contributed by atoms with E-state index in [4.69, 9.17) is 4.42 Å². The molecule has 19 heavy (non-hydrogen) atoms. The van der Waals surface area contributed by atoms with Crippen LogP contribution < -0.4 is 4.90 Å². The van der Waals surface area contributed by atoms with Gasteiger partial charge in [-0.05, 0) is 39.7 Å². The Morgan fingerprint density at radius 3 is 2.84 bits per heavy atom. The Labute approximate surface area is 118 Å². The molecule has 1 atom stereocenters. The van der Waals surface area contributed by atoms with Gasteiger partial charge in [0.2, 0.25) is 0 Å². The smallest absolute Gasteiger partial charge is 0.326 e. The van der Waals surface area contributed by atoms with Crippen molar-refractivity contribution in [2.24, 2.45) is 0 Å². The summed E-state index contributed by atoms with van der Waals surface area (Å²) in [5, 5.41) is 9.36. The summed E-state index contributed by atoms with van der Waals surface area (Å²) in [5.41, 5.74) is 2.04. The molecule has 2 aromatic rings. The molecule has 2 heterocycles. The maximum absolute atomic E-state index is 11.4. The van der Waals surface area contributed by atoms with Gasteiger partial charge in [-0.15, -0.1) is 0 Å². The second kappa shape index (κ2) is 4.74. The molecule has 1 aromatic carbocycles. The van der Waals surface area contributed by atoms with E-state index in [9.17, 15) is 9.90 Å². The van der Waals surface area contributed by atoms with Gasteiger partial charge in [0.1, 0.15) is 11.8 Å². The van der Waals surface area contributed by atoms with E-state index >= 15 is 0 Å². The Morgan fingerprint density at radius 2 is 2.16 bits per heavy atom. The Bertz CT molecular complexity index is 623. The Kier molecular flexibility index (Phi) is 3.06. The van der Waals surface area contributed by atoms with Crippen LogP contribution in [-0.4, -0.2) is 17.1 Å². The summed E-state index contributed by atoms with van der Waals surface area (Å²) < 4.78 is 6.13. The Balaban J connectivity index is 1.93. The fraction of sp³-hybridized carbons (Fsp3) is 0.214. The molecular formula is C14H12BrNO3. The van der Waals surface area contributed by atoms with Gasteiger partial charge in [0.05, 0.1) is 6.54 Å². The molecule has 3 rings (SSSR count). The monoisotopic (exact) mass is 321 g/mol. The zero-order valence-corrected chi connectivity index (χ0v) is 11.6. The van der Waals surface area contributed by atoms with Crippen molar-refractivity contribution in [1.82, 2.24) is 0 Å². The van der Waals surface area contributed by atoms with E-state index in [1.165, 1.54) is 0 Å². The summed E-state index contributed by atoms with van der Waals surface area (Å²) in [6.07, 6.45) is 0.535. The molecule has 4 nitrogen and oxygen atoms in total. The molecule has 0 fully saturated rings. The number of carboxylic acids is 1. The first-order valence-electron chi connectivity index (χ1n) is 5.97. The van der Waals surface area contributed by atoms with Crippen molar-refractivity contribution in [3.63, 3.8) is 0 Å². The van der Waals surface area contributed by atoms with Gasteiger partial charge in [0, 0.05) is 12.1 Å². The number of aliphatic carboxylic acids is 1. The summed E-state index contributed by atoms with van der Waals surface area (Å²) in [4.78, 5) is 13.3. The number of carboxylic acid groups (broad SMARTS) is 1. The number of rotatable bonds is 3. The first kappa shape index (κ1) is 12.3. The Morgan fingerprint density at radius 1 is 1.37 bits per heavy atom. The minimum absolute atomic E-state index is 0.458. The summed E-state index contributed by atoms with van der Waals surface area (Å²) in [7, 11) is 0. The van der Waals surface area contributed by atoms with Crippen molar-refractivity contribution < 1.29 is 14.3 Å². The summed E-state index contributed by atoms with van der Waals surface area (Å²) in [6, 6.07) is 10.9. The fourth-order valence-corrected chi connectivity index (χ4v) is 2.81. The first-order valence-corrected chi connectivity index (χ1v) is 6.76. The number of furan rings is 1. The van der Waals surface area contributed by atoms with E-state index in [-0.39, 0.29) is 0 Å². The molecule has 0 spiro atoms. The third kappa shape index (κ3) is 2.26. The fourth-order valence-electron chi connectivity index (χ4n) is 2.47. The van der Waals surface area contributed by atoms with Gasteiger partial charge in [0.15, 0.2) is 4.67 Å². The van der Waals surface area contributed by atoms with Crippen LogP contribution >= 0.6 is 15.9 Å². The molecule has 1 unspecified atom stereocenters. The second-order valence-electron chi connectivity index (χ2n) is 4.52. The van der Waals surface area contributed by atoms with Crippen molar-refractivity contribution in [1.29, 1.82) is 0 Å². The van der Waals surface area contributed by atoms with Crippen LogP contribution in [0.1, 0.15) is 11.3 Å². The van der Waals surface area contributed by atoms with Gasteiger partial charge in [0.25, 0.3) is 0 Å². The van der Waals surface area contributed by atoms with Gasteiger partial charge < -0.3 is 14.4 Å². The van der Waals surface area contributed by atoms with E-state index < -0.39 is 12.0 Å². The van der Waals surface area contributed by atoms with Gasteiger partial charge in [-0.1, -0.05) is 18.2 Å². The topological polar surface area (TPSA) is 53.7 Å². The van der Waals surface area contributed by atoms with E-state index in [1.807, 2.05) is 41.3 Å². The van der Waals surface area contributed by atoms with Crippen LogP contribution in [0, 0.1) is 0 Å². The number of hydrogen-bond donors (Lipinski definition) is 1. The quantitative estimate of drug-likeness (QED) is 0.944. The molecule has 0 saturated heterocycles. The molecule has 1 aliphatic heterocycles. The number of anilines is 1. The van der Waals surface area contributed by atoms with Crippen LogP contribution in [0.3, 0.4) is 0 Å². The summed E-state index contributed by atoms with van der Waals surface area (Å²) in [6.45, 7) is 0.458. The van der Waals surface area contributed by atoms with Crippen LogP contribution in [0.5, 0.6) is 0 Å². The molecule has 1 aliphatic rings. The highest BCUT2D eigenvalue weighted by atomic mass is 79.9. The highest BCUT2D eigenvalue weighted by molar-refractivity contribution is 9.10. The third-order valence-electron chi connectivity index (χ3n) is 3.33. The molecule has 0 bridgehead atoms. The van der Waals surface area contributed by atoms with Crippen molar-refractivity contribution in [2.45, 2.75) is 19.0 Å². The van der Waals surface area contributed by atoms with Crippen molar-refractivity contribution in [3.8, 4) is 0 Å². The van der Waals surface area contributed by atoms with Crippen LogP contribution in [0.15, 0.2) is 45.5 Å². The molecule has 5 heteroatoms. The number of fused-ring (bicyclic) bond motifs is 1. The van der Waals surface area contributed by atoms with Gasteiger partial charge in [-0.2, -0.15) is 0 Å². The lowest BCUT2D eigenvalue weighted by Crippen LogP contribution is -2.37. The SMILES string of the molecule is O=C(O)C1Cc2ccccc2N1Cc1ccc(Br)o1. The summed E-state index contributed by atoms with van der Waals surface area (Å²) >= 11 is 3.26. The summed E-state index contributed by atoms with van der Waals surface area (Å²) in [5.74, 6) is -0.0587. The normalized spacial score (nSPS) is 17.5. The number of para-hydroxylation sites is 1. The molecule has 0 saturated carbocycles. The van der Waals surface area contributed by atoms with Crippen molar-refractivity contribution in [2.75, 3.05) is 4.90 Å². The highest BCUT2D eigenvalue weighted by Gasteiger charge is 2.34. The standard InChI is InChI=1S/C14H12BrNO3/c15-13-6-5-10(19-13)8-16-11-4-2-1-3-9(11)7-12(16)14(17)18/h1-6,12H,7-8H2,(H,17,18). The largest absolute Gasteiger partial charge is 0.480 e. The minimum Gasteiger partial charge on any atom is -0.480 e. The van der Waals surface area contributed by atoms with E-state index in [2.05, 4.69) is 15.9 Å². The van der Waals surface area contributed by atoms with Crippen molar-refractivity contribution in [3.05, 3.63) is 52.4 Å². The van der Waals surface area contributed by atoms with Crippen LogP contribution in [0.4, 0.5) is 5.69 Å². The van der Waals surface area contributed by atoms with Gasteiger partial charge in [-0.25, -0.2) is 4.79 Å². The van der Waals surface area contributed by atoms with Crippen LogP contribution in [0.25, 0.3) is 0 Å². The van der Waals surface area contributed by atoms with E-state index in [0.717, 1.165) is 17.0 Å². The average Bonchev–Trinajstić information content (AvgIpc) is 2.95. The first-order chi connectivity index (χ1) is 9.15. The van der Waals surface area contributed by atoms with E-state index in [1.54, 1.807) is 0 Å². The lowest BCUT2D eigenvalue weighted by molar-refractivity contribution is -0.138. The Hall–Kier alpha value is -1.75. The second-order valence-corrected chi connectivity index (χ2v) is 5.30. The van der Waals surface area contributed by atoms with Gasteiger partial charge >= 0.3 is 5.97 Å². The maximum Gasteiger partial charge on any atom is 0.326 e. The number of halogens is 1. The molecule has 0 amide bonds. The lowest BCUT2D eigenvalue weighted by atomic mass is 10.1. The number of carbonyl (C=O) groups is 1. The predicted octanol–water partition coefficient (Wildman–Crippen LogP) is 3.06. The molecule has 98 valence electrons. The van der Waals surface area contributed by atoms with Crippen molar-refractivity contribution >= 4 is 27.6 Å². The van der Waals surface area contributed by atoms with E-state index in [0.29, 0.717) is 17.6 Å². The lowest BCUT2D eigenvalue weighted by Gasteiger charge is -2.23. The number of nitrogens with zero attached hydrogens (tertiary/aromatic N) is 1. The molecule has 1 aromatic heterocycles. The third-order valence-corrected chi connectivity index (χ3v) is 3.76. The average molecular weight is 322 g/mol. The zero-order chi connectivity index (χ0) is 13.4. The minimum atomic E-state index is -0.804. The maximum atomic E-state index is 11.4. The molecular weight excluding hydrogens is 310 g/mol. The zero-order valence-electron chi connectivity index (χ0n) is 10.0.